The lowest BCUT2D eigenvalue weighted by Gasteiger charge is -2.11. The maximum Gasteiger partial charge on any atom is 0.323 e. The second-order valence-electron chi connectivity index (χ2n) is 4.41. The topological polar surface area (TPSA) is 59.6 Å². The summed E-state index contributed by atoms with van der Waals surface area (Å²) in [5.41, 5.74) is 1.23. The van der Waals surface area contributed by atoms with Crippen molar-refractivity contribution in [1.29, 1.82) is 0 Å². The minimum absolute atomic E-state index is 0.356. The highest BCUT2D eigenvalue weighted by Gasteiger charge is 2.07. The standard InChI is InChI=1S/C17H18N2O3/c1-3-11-22-14-8-6-7-13(12-14)18-17(20)19-15-9-4-5-10-16(15)21-2/h3-10,12H,1,11H2,2H3,(H2,18,19,20). The second-order valence-corrected chi connectivity index (χ2v) is 4.41. The summed E-state index contributed by atoms with van der Waals surface area (Å²) in [7, 11) is 1.55. The van der Waals surface area contributed by atoms with Crippen molar-refractivity contribution in [2.45, 2.75) is 0 Å². The van der Waals surface area contributed by atoms with Crippen LogP contribution in [0.25, 0.3) is 0 Å². The molecule has 2 N–H and O–H groups in total. The van der Waals surface area contributed by atoms with E-state index in [2.05, 4.69) is 17.2 Å². The first-order valence-corrected chi connectivity index (χ1v) is 6.77. The number of anilines is 2. The minimum Gasteiger partial charge on any atom is -0.495 e. The van der Waals surface area contributed by atoms with Gasteiger partial charge in [-0.2, -0.15) is 0 Å². The maximum absolute atomic E-state index is 12.0. The predicted octanol–water partition coefficient (Wildman–Crippen LogP) is 3.90. The molecule has 22 heavy (non-hydrogen) atoms. The van der Waals surface area contributed by atoms with E-state index in [0.29, 0.717) is 29.5 Å². The number of carbonyl (C=O) groups is 1. The van der Waals surface area contributed by atoms with Crippen molar-refractivity contribution in [3.05, 3.63) is 61.2 Å². The van der Waals surface area contributed by atoms with Crippen LogP contribution in [-0.2, 0) is 0 Å². The number of nitrogens with one attached hydrogen (secondary N) is 2. The van der Waals surface area contributed by atoms with E-state index in [9.17, 15) is 4.79 Å². The maximum atomic E-state index is 12.0. The van der Waals surface area contributed by atoms with Gasteiger partial charge in [0, 0.05) is 11.8 Å². The first kappa shape index (κ1) is 15.4. The lowest BCUT2D eigenvalue weighted by atomic mass is 10.3. The van der Waals surface area contributed by atoms with Crippen molar-refractivity contribution in [3.63, 3.8) is 0 Å². The van der Waals surface area contributed by atoms with Gasteiger partial charge in [0.2, 0.25) is 0 Å². The van der Waals surface area contributed by atoms with Crippen LogP contribution in [0.4, 0.5) is 16.2 Å². The average molecular weight is 298 g/mol. The van der Waals surface area contributed by atoms with Gasteiger partial charge in [-0.25, -0.2) is 4.79 Å². The lowest BCUT2D eigenvalue weighted by Crippen LogP contribution is -2.19. The molecular weight excluding hydrogens is 280 g/mol. The number of hydrogen-bond acceptors (Lipinski definition) is 3. The van der Waals surface area contributed by atoms with Gasteiger partial charge in [0.25, 0.3) is 0 Å². The van der Waals surface area contributed by atoms with E-state index in [-0.39, 0.29) is 6.03 Å². The molecule has 2 amide bonds. The molecule has 0 fully saturated rings. The van der Waals surface area contributed by atoms with Crippen LogP contribution in [0.15, 0.2) is 61.2 Å². The van der Waals surface area contributed by atoms with Gasteiger partial charge in [-0.1, -0.05) is 30.9 Å². The van der Waals surface area contributed by atoms with Gasteiger partial charge in [-0.15, -0.1) is 0 Å². The second kappa shape index (κ2) is 7.73. The Morgan fingerprint density at radius 1 is 1.18 bits per heavy atom. The van der Waals surface area contributed by atoms with Crippen molar-refractivity contribution in [1.82, 2.24) is 0 Å². The lowest BCUT2D eigenvalue weighted by molar-refractivity contribution is 0.262. The molecule has 0 saturated carbocycles. The summed E-state index contributed by atoms with van der Waals surface area (Å²) in [6, 6.07) is 14.0. The van der Waals surface area contributed by atoms with E-state index >= 15 is 0 Å². The third-order valence-corrected chi connectivity index (χ3v) is 2.81. The number of methoxy groups -OCH3 is 1. The minimum atomic E-state index is -0.356. The van der Waals surface area contributed by atoms with Crippen LogP contribution >= 0.6 is 0 Å². The Bertz CT molecular complexity index is 656. The highest BCUT2D eigenvalue weighted by atomic mass is 16.5. The van der Waals surface area contributed by atoms with Crippen molar-refractivity contribution in [2.24, 2.45) is 0 Å². The number of para-hydroxylation sites is 2. The van der Waals surface area contributed by atoms with Crippen LogP contribution in [0.2, 0.25) is 0 Å². The summed E-state index contributed by atoms with van der Waals surface area (Å²) in [4.78, 5) is 12.0. The quantitative estimate of drug-likeness (QED) is 0.795. The Morgan fingerprint density at radius 3 is 2.77 bits per heavy atom. The van der Waals surface area contributed by atoms with Crippen LogP contribution in [0.1, 0.15) is 0 Å². The molecule has 0 aliphatic carbocycles. The highest BCUT2D eigenvalue weighted by molar-refractivity contribution is 6.00. The van der Waals surface area contributed by atoms with Gasteiger partial charge in [0.05, 0.1) is 12.8 Å². The van der Waals surface area contributed by atoms with Crippen LogP contribution < -0.4 is 20.1 Å². The number of carbonyl (C=O) groups excluding carboxylic acids is 1. The van der Waals surface area contributed by atoms with E-state index in [1.54, 1.807) is 43.5 Å². The van der Waals surface area contributed by atoms with E-state index < -0.39 is 0 Å². The molecule has 0 atom stereocenters. The summed E-state index contributed by atoms with van der Waals surface area (Å²) >= 11 is 0. The molecule has 0 bridgehead atoms. The third kappa shape index (κ3) is 4.28. The van der Waals surface area contributed by atoms with Gasteiger partial charge < -0.3 is 20.1 Å². The monoisotopic (exact) mass is 298 g/mol. The Morgan fingerprint density at radius 2 is 2.00 bits per heavy atom. The van der Waals surface area contributed by atoms with Gasteiger partial charge in [-0.05, 0) is 24.3 Å². The molecule has 2 aromatic rings. The molecule has 5 nitrogen and oxygen atoms in total. The van der Waals surface area contributed by atoms with Gasteiger partial charge in [0.1, 0.15) is 18.1 Å². The van der Waals surface area contributed by atoms with Crippen molar-refractivity contribution >= 4 is 17.4 Å². The Balaban J connectivity index is 2.01. The van der Waals surface area contributed by atoms with Crippen LogP contribution in [-0.4, -0.2) is 19.7 Å². The van der Waals surface area contributed by atoms with Crippen LogP contribution in [0.3, 0.4) is 0 Å². The molecule has 0 aliphatic rings. The van der Waals surface area contributed by atoms with E-state index in [1.807, 2.05) is 18.2 Å². The van der Waals surface area contributed by atoms with E-state index in [0.717, 1.165) is 0 Å². The number of rotatable bonds is 6. The summed E-state index contributed by atoms with van der Waals surface area (Å²) in [6.45, 7) is 4.01. The molecule has 0 aliphatic heterocycles. The van der Waals surface area contributed by atoms with Crippen LogP contribution in [0, 0.1) is 0 Å². The third-order valence-electron chi connectivity index (χ3n) is 2.81. The first-order valence-electron chi connectivity index (χ1n) is 6.77. The fraction of sp³-hybridized carbons (Fsp3) is 0.118. The molecule has 0 unspecified atom stereocenters. The molecule has 0 heterocycles. The van der Waals surface area contributed by atoms with E-state index in [4.69, 9.17) is 9.47 Å². The Labute approximate surface area is 129 Å². The Hall–Kier alpha value is -2.95. The highest BCUT2D eigenvalue weighted by Crippen LogP contribution is 2.23. The van der Waals surface area contributed by atoms with Crippen molar-refractivity contribution in [2.75, 3.05) is 24.4 Å². The molecule has 0 saturated heterocycles. The average Bonchev–Trinajstić information content (AvgIpc) is 2.53. The zero-order valence-electron chi connectivity index (χ0n) is 12.3. The summed E-state index contributed by atoms with van der Waals surface area (Å²) < 4.78 is 10.6. The van der Waals surface area contributed by atoms with Crippen LogP contribution in [0.5, 0.6) is 11.5 Å². The molecule has 0 radical (unpaired) electrons. The smallest absolute Gasteiger partial charge is 0.323 e. The molecule has 2 rings (SSSR count). The molecular formula is C17H18N2O3. The summed E-state index contributed by atoms with van der Waals surface area (Å²) in [5, 5.41) is 5.49. The first-order chi connectivity index (χ1) is 10.7. The fourth-order valence-electron chi connectivity index (χ4n) is 1.85. The Kier molecular flexibility index (Phi) is 5.43. The van der Waals surface area contributed by atoms with E-state index in [1.165, 1.54) is 0 Å². The number of ether oxygens (including phenoxy) is 2. The number of hydrogen-bond donors (Lipinski definition) is 2. The number of urea groups is 1. The molecule has 0 spiro atoms. The molecule has 0 aromatic heterocycles. The fourth-order valence-corrected chi connectivity index (χ4v) is 1.85. The largest absolute Gasteiger partial charge is 0.495 e. The summed E-state index contributed by atoms with van der Waals surface area (Å²) in [6.07, 6.45) is 1.66. The zero-order chi connectivity index (χ0) is 15.8. The summed E-state index contributed by atoms with van der Waals surface area (Å²) in [5.74, 6) is 1.26. The van der Waals surface area contributed by atoms with Gasteiger partial charge in [-0.3, -0.25) is 0 Å². The number of amides is 2. The van der Waals surface area contributed by atoms with Gasteiger partial charge in [0.15, 0.2) is 0 Å². The zero-order valence-corrected chi connectivity index (χ0v) is 12.3. The normalized spacial score (nSPS) is 9.68. The molecule has 2 aromatic carbocycles. The SMILES string of the molecule is C=CCOc1cccc(NC(=O)Nc2ccccc2OC)c1. The van der Waals surface area contributed by atoms with Crippen molar-refractivity contribution < 1.29 is 14.3 Å². The van der Waals surface area contributed by atoms with Gasteiger partial charge >= 0.3 is 6.03 Å². The van der Waals surface area contributed by atoms with Crippen molar-refractivity contribution in [3.8, 4) is 11.5 Å². The number of benzene rings is 2. The molecule has 5 heteroatoms. The predicted molar refractivity (Wildman–Crippen MR) is 87.8 cm³/mol. The molecule has 114 valence electrons.